The van der Waals surface area contributed by atoms with Crippen LogP contribution in [0.15, 0.2) is 103 Å². The lowest BCUT2D eigenvalue weighted by Crippen LogP contribution is -2.43. The average Bonchev–Trinajstić information content (AvgIpc) is 3.13. The number of rotatable bonds is 16. The standard InChI is InChI=1S/C42H51N3O5/c1-30-39(28-45(3)27-32-11-6-4-7-12-32)49-42(50-41(30)36-18-16-33(29-46)17-19-36)37-22-20-35(21-23-37)38-14-10-13-34(25-38)26-44-40(48)15-8-5-9-24-43-31(2)47/h4,6-7,10-14,16-23,25,30,39,41-42,46H,5,8-9,15,24,26-29H2,1-3H3,(H,43,47)(H,44,48)/t30-,39+,41+,42+/m1/s1. The van der Waals surface area contributed by atoms with Crippen molar-refractivity contribution in [2.24, 2.45) is 5.92 Å². The smallest absolute Gasteiger partial charge is 0.220 e. The van der Waals surface area contributed by atoms with Crippen LogP contribution < -0.4 is 10.6 Å². The highest BCUT2D eigenvalue weighted by molar-refractivity contribution is 5.76. The quantitative estimate of drug-likeness (QED) is 0.110. The molecule has 50 heavy (non-hydrogen) atoms. The van der Waals surface area contributed by atoms with Crippen LogP contribution in [-0.2, 0) is 38.8 Å². The van der Waals surface area contributed by atoms with E-state index in [1.807, 2.05) is 30.3 Å². The Labute approximate surface area is 296 Å². The number of likely N-dealkylation sites (N-methyl/N-ethyl adjacent to an activating group) is 1. The van der Waals surface area contributed by atoms with Gasteiger partial charge in [-0.25, -0.2) is 0 Å². The number of nitrogens with one attached hydrogen (secondary N) is 2. The number of ether oxygens (including phenoxy) is 2. The van der Waals surface area contributed by atoms with Crippen LogP contribution in [0.1, 0.15) is 79.7 Å². The number of amides is 2. The molecule has 0 spiro atoms. The average molecular weight is 678 g/mol. The number of hydrogen-bond donors (Lipinski definition) is 3. The van der Waals surface area contributed by atoms with Crippen LogP contribution in [-0.4, -0.2) is 48.1 Å². The number of nitrogens with zero attached hydrogens (tertiary/aromatic N) is 1. The second-order valence-corrected chi connectivity index (χ2v) is 13.4. The van der Waals surface area contributed by atoms with Crippen molar-refractivity contribution in [3.8, 4) is 11.1 Å². The van der Waals surface area contributed by atoms with Crippen LogP contribution in [0, 0.1) is 5.92 Å². The summed E-state index contributed by atoms with van der Waals surface area (Å²) in [5.41, 5.74) is 7.34. The zero-order valence-electron chi connectivity index (χ0n) is 29.5. The van der Waals surface area contributed by atoms with Gasteiger partial charge in [0, 0.05) is 51.0 Å². The van der Waals surface area contributed by atoms with Crippen molar-refractivity contribution in [1.82, 2.24) is 15.5 Å². The molecule has 1 fully saturated rings. The van der Waals surface area contributed by atoms with Crippen molar-refractivity contribution in [2.45, 2.75) is 77.7 Å². The largest absolute Gasteiger partial charge is 0.392 e. The molecule has 3 N–H and O–H groups in total. The van der Waals surface area contributed by atoms with E-state index in [4.69, 9.17) is 9.47 Å². The fourth-order valence-electron chi connectivity index (χ4n) is 6.43. The number of aliphatic hydroxyl groups excluding tert-OH is 1. The minimum Gasteiger partial charge on any atom is -0.392 e. The highest BCUT2D eigenvalue weighted by atomic mass is 16.7. The molecule has 1 aliphatic rings. The Morgan fingerprint density at radius 1 is 0.760 bits per heavy atom. The summed E-state index contributed by atoms with van der Waals surface area (Å²) in [5.74, 6) is 0.112. The normalized spacial score (nSPS) is 18.9. The lowest BCUT2D eigenvalue weighted by molar-refractivity contribution is -0.276. The first-order chi connectivity index (χ1) is 24.3. The molecule has 8 nitrogen and oxygen atoms in total. The number of aliphatic hydroxyl groups is 1. The van der Waals surface area contributed by atoms with Crippen molar-refractivity contribution in [1.29, 1.82) is 0 Å². The van der Waals surface area contributed by atoms with Gasteiger partial charge in [0.1, 0.15) is 0 Å². The van der Waals surface area contributed by atoms with Gasteiger partial charge in [0.05, 0.1) is 18.8 Å². The summed E-state index contributed by atoms with van der Waals surface area (Å²) in [6.07, 6.45) is 2.27. The van der Waals surface area contributed by atoms with Gasteiger partial charge in [-0.3, -0.25) is 14.5 Å². The lowest BCUT2D eigenvalue weighted by Gasteiger charge is -2.42. The number of benzene rings is 4. The van der Waals surface area contributed by atoms with E-state index in [1.54, 1.807) is 0 Å². The van der Waals surface area contributed by atoms with Gasteiger partial charge in [-0.05, 0) is 59.3 Å². The summed E-state index contributed by atoms with van der Waals surface area (Å²) in [6.45, 7) is 6.41. The highest BCUT2D eigenvalue weighted by Gasteiger charge is 2.38. The number of carbonyl (C=O) groups is 2. The van der Waals surface area contributed by atoms with Crippen LogP contribution >= 0.6 is 0 Å². The fraction of sp³-hybridized carbons (Fsp3) is 0.381. The van der Waals surface area contributed by atoms with Crippen LogP contribution in [0.25, 0.3) is 11.1 Å². The van der Waals surface area contributed by atoms with Crippen molar-refractivity contribution in [3.05, 3.63) is 131 Å². The minimum atomic E-state index is -0.537. The third-order valence-electron chi connectivity index (χ3n) is 9.30. The monoisotopic (exact) mass is 677 g/mol. The molecule has 5 rings (SSSR count). The van der Waals surface area contributed by atoms with Gasteiger partial charge in [0.2, 0.25) is 11.8 Å². The number of unbranched alkanes of at least 4 members (excludes halogenated alkanes) is 2. The number of carbonyl (C=O) groups excluding carboxylic acids is 2. The summed E-state index contributed by atoms with van der Waals surface area (Å²) >= 11 is 0. The summed E-state index contributed by atoms with van der Waals surface area (Å²) < 4.78 is 13.4. The SMILES string of the molecule is CC(=O)NCCCCCC(=O)NCc1cccc(-c2ccc([C@H]3O[C@@H](CN(C)Cc4ccccc4)[C@@H](C)[C@@H](c4ccc(CO)cc4)O3)cc2)c1. The van der Waals surface area contributed by atoms with Crippen LogP contribution in [0.5, 0.6) is 0 Å². The van der Waals surface area contributed by atoms with Crippen molar-refractivity contribution < 1.29 is 24.2 Å². The maximum atomic E-state index is 12.4. The van der Waals surface area contributed by atoms with Crippen molar-refractivity contribution >= 4 is 11.8 Å². The second-order valence-electron chi connectivity index (χ2n) is 13.4. The summed E-state index contributed by atoms with van der Waals surface area (Å²) in [7, 11) is 2.13. The van der Waals surface area contributed by atoms with E-state index in [1.165, 1.54) is 12.5 Å². The predicted octanol–water partition coefficient (Wildman–Crippen LogP) is 7.08. The minimum absolute atomic E-state index is 0.00687. The molecule has 1 heterocycles. The number of hydrogen-bond acceptors (Lipinski definition) is 6. The molecule has 0 aromatic heterocycles. The van der Waals surface area contributed by atoms with Crippen LogP contribution in [0.3, 0.4) is 0 Å². The topological polar surface area (TPSA) is 100 Å². The molecule has 264 valence electrons. The summed E-state index contributed by atoms with van der Waals surface area (Å²) in [5, 5.41) is 15.4. The van der Waals surface area contributed by atoms with E-state index in [9.17, 15) is 14.7 Å². The van der Waals surface area contributed by atoms with Crippen LogP contribution in [0.4, 0.5) is 0 Å². The highest BCUT2D eigenvalue weighted by Crippen LogP contribution is 2.42. The van der Waals surface area contributed by atoms with Gasteiger partial charge in [0.15, 0.2) is 6.29 Å². The molecule has 0 saturated carbocycles. The first-order valence-corrected chi connectivity index (χ1v) is 17.7. The molecule has 0 aliphatic carbocycles. The van der Waals surface area contributed by atoms with E-state index >= 15 is 0 Å². The Bertz CT molecular complexity index is 1640. The van der Waals surface area contributed by atoms with Crippen molar-refractivity contribution in [2.75, 3.05) is 20.1 Å². The molecular formula is C42H51N3O5. The van der Waals surface area contributed by atoms with Gasteiger partial charge in [-0.1, -0.05) is 110 Å². The van der Waals surface area contributed by atoms with E-state index < -0.39 is 6.29 Å². The van der Waals surface area contributed by atoms with Gasteiger partial charge in [-0.15, -0.1) is 0 Å². The Hall–Kier alpha value is -4.34. The Balaban J connectivity index is 1.23. The molecule has 2 amide bonds. The van der Waals surface area contributed by atoms with Gasteiger partial charge in [0.25, 0.3) is 0 Å². The molecule has 0 radical (unpaired) electrons. The zero-order valence-corrected chi connectivity index (χ0v) is 29.5. The van der Waals surface area contributed by atoms with E-state index in [2.05, 4.69) is 102 Å². The Morgan fingerprint density at radius 2 is 1.48 bits per heavy atom. The molecule has 4 aromatic rings. The van der Waals surface area contributed by atoms with E-state index in [-0.39, 0.29) is 36.5 Å². The van der Waals surface area contributed by atoms with Gasteiger partial charge in [-0.2, -0.15) is 0 Å². The molecule has 1 aliphatic heterocycles. The first-order valence-electron chi connectivity index (χ1n) is 17.7. The Kier molecular flexibility index (Phi) is 13.7. The van der Waals surface area contributed by atoms with E-state index in [0.29, 0.717) is 19.5 Å². The van der Waals surface area contributed by atoms with E-state index in [0.717, 1.165) is 65.7 Å². The molecule has 4 aromatic carbocycles. The first kappa shape index (κ1) is 36.9. The van der Waals surface area contributed by atoms with Crippen LogP contribution in [0.2, 0.25) is 0 Å². The maximum absolute atomic E-state index is 12.4. The molecular weight excluding hydrogens is 626 g/mol. The summed E-state index contributed by atoms with van der Waals surface area (Å²) in [6, 6.07) is 35.1. The van der Waals surface area contributed by atoms with Crippen molar-refractivity contribution in [3.63, 3.8) is 0 Å². The Morgan fingerprint density at radius 3 is 2.20 bits per heavy atom. The molecule has 1 saturated heterocycles. The third kappa shape index (κ3) is 10.8. The molecule has 0 unspecified atom stereocenters. The molecule has 8 heteroatoms. The second kappa shape index (κ2) is 18.6. The maximum Gasteiger partial charge on any atom is 0.220 e. The molecule has 4 atom stereocenters. The van der Waals surface area contributed by atoms with Gasteiger partial charge >= 0.3 is 0 Å². The van der Waals surface area contributed by atoms with Gasteiger partial charge < -0.3 is 25.2 Å². The zero-order chi connectivity index (χ0) is 35.3. The predicted molar refractivity (Wildman–Crippen MR) is 197 cm³/mol. The lowest BCUT2D eigenvalue weighted by atomic mass is 9.90. The fourth-order valence-corrected chi connectivity index (χ4v) is 6.43. The summed E-state index contributed by atoms with van der Waals surface area (Å²) in [4.78, 5) is 25.7. The third-order valence-corrected chi connectivity index (χ3v) is 9.30. The molecule has 0 bridgehead atoms.